The van der Waals surface area contributed by atoms with Gasteiger partial charge in [-0.25, -0.2) is 4.79 Å². The SMILES string of the molecule is COCC(NC(=O)c1cc([N+](=O)[O-])cn1C1CC1)C(=O)O. The first kappa shape index (κ1) is 15.0. The van der Waals surface area contributed by atoms with Gasteiger partial charge in [0.05, 0.1) is 17.7 Å². The van der Waals surface area contributed by atoms with Crippen LogP contribution in [0.15, 0.2) is 12.3 Å². The second kappa shape index (κ2) is 5.92. The fraction of sp³-hybridized carbons (Fsp3) is 0.500. The Balaban J connectivity index is 2.21. The van der Waals surface area contributed by atoms with E-state index in [2.05, 4.69) is 5.32 Å². The van der Waals surface area contributed by atoms with E-state index in [9.17, 15) is 19.7 Å². The first-order valence-corrected chi connectivity index (χ1v) is 6.33. The van der Waals surface area contributed by atoms with Crippen LogP contribution in [0, 0.1) is 10.1 Å². The standard InChI is InChI=1S/C12H15N3O6/c1-21-6-9(12(17)18)13-11(16)10-4-8(15(19)20)5-14(10)7-2-3-7/h4-5,7,9H,2-3,6H2,1H3,(H,13,16)(H,17,18). The molecule has 1 aliphatic carbocycles. The summed E-state index contributed by atoms with van der Waals surface area (Å²) < 4.78 is 6.25. The van der Waals surface area contributed by atoms with Crippen LogP contribution in [0.4, 0.5) is 5.69 Å². The lowest BCUT2D eigenvalue weighted by Gasteiger charge is -2.14. The number of aliphatic carboxylic acids is 1. The Morgan fingerprint density at radius 2 is 2.29 bits per heavy atom. The lowest BCUT2D eigenvalue weighted by atomic mass is 10.3. The molecule has 1 saturated carbocycles. The van der Waals surface area contributed by atoms with Gasteiger partial charge in [0.2, 0.25) is 0 Å². The number of carboxylic acids is 1. The van der Waals surface area contributed by atoms with E-state index in [1.54, 1.807) is 0 Å². The zero-order valence-electron chi connectivity index (χ0n) is 11.3. The van der Waals surface area contributed by atoms with Crippen LogP contribution in [0.5, 0.6) is 0 Å². The highest BCUT2D eigenvalue weighted by Crippen LogP contribution is 2.37. The number of nitrogens with zero attached hydrogens (tertiary/aromatic N) is 2. The molecule has 1 atom stereocenters. The van der Waals surface area contributed by atoms with Gasteiger partial charge in [-0.15, -0.1) is 0 Å². The van der Waals surface area contributed by atoms with Crippen LogP contribution < -0.4 is 5.32 Å². The van der Waals surface area contributed by atoms with Crippen molar-refractivity contribution in [3.8, 4) is 0 Å². The summed E-state index contributed by atoms with van der Waals surface area (Å²) >= 11 is 0. The summed E-state index contributed by atoms with van der Waals surface area (Å²) in [6, 6.07) is 0.00795. The molecule has 0 spiro atoms. The zero-order valence-corrected chi connectivity index (χ0v) is 11.3. The number of nitrogens with one attached hydrogen (secondary N) is 1. The maximum Gasteiger partial charge on any atom is 0.328 e. The number of hydrogen-bond donors (Lipinski definition) is 2. The summed E-state index contributed by atoms with van der Waals surface area (Å²) in [6.07, 6.45) is 2.98. The van der Waals surface area contributed by atoms with Crippen LogP contribution in [-0.4, -0.2) is 46.2 Å². The highest BCUT2D eigenvalue weighted by atomic mass is 16.6. The zero-order chi connectivity index (χ0) is 15.6. The number of aromatic nitrogens is 1. The van der Waals surface area contributed by atoms with E-state index < -0.39 is 22.8 Å². The minimum Gasteiger partial charge on any atom is -0.480 e. The first-order chi connectivity index (χ1) is 9.93. The predicted octanol–water partition coefficient (Wildman–Crippen LogP) is 0.561. The number of carbonyl (C=O) groups excluding carboxylic acids is 1. The van der Waals surface area contributed by atoms with E-state index in [0.717, 1.165) is 18.9 Å². The molecule has 21 heavy (non-hydrogen) atoms. The number of nitro groups is 1. The molecule has 1 amide bonds. The van der Waals surface area contributed by atoms with Gasteiger partial charge < -0.3 is 19.7 Å². The monoisotopic (exact) mass is 297 g/mol. The molecular formula is C12H15N3O6. The van der Waals surface area contributed by atoms with Crippen molar-refractivity contribution in [3.63, 3.8) is 0 Å². The Kier molecular flexibility index (Phi) is 4.22. The van der Waals surface area contributed by atoms with Crippen LogP contribution in [0.1, 0.15) is 29.4 Å². The Bertz CT molecular complexity index is 578. The van der Waals surface area contributed by atoms with Crippen molar-refractivity contribution in [2.45, 2.75) is 24.9 Å². The maximum absolute atomic E-state index is 12.1. The first-order valence-electron chi connectivity index (χ1n) is 6.33. The van der Waals surface area contributed by atoms with Crippen LogP contribution >= 0.6 is 0 Å². The molecule has 0 saturated heterocycles. The van der Waals surface area contributed by atoms with Crippen molar-refractivity contribution in [1.29, 1.82) is 0 Å². The average Bonchev–Trinajstić information content (AvgIpc) is 3.16. The number of carboxylic acid groups (broad SMARTS) is 1. The van der Waals surface area contributed by atoms with Crippen molar-refractivity contribution in [1.82, 2.24) is 9.88 Å². The Morgan fingerprint density at radius 3 is 2.76 bits per heavy atom. The lowest BCUT2D eigenvalue weighted by Crippen LogP contribution is -2.44. The molecule has 1 heterocycles. The third-order valence-electron chi connectivity index (χ3n) is 3.15. The molecule has 9 heteroatoms. The molecule has 1 aromatic heterocycles. The molecule has 0 aliphatic heterocycles. The van der Waals surface area contributed by atoms with E-state index in [0.29, 0.717) is 0 Å². The number of carbonyl (C=O) groups is 2. The minimum absolute atomic E-state index is 0.0603. The van der Waals surface area contributed by atoms with E-state index >= 15 is 0 Å². The van der Waals surface area contributed by atoms with Gasteiger partial charge >= 0.3 is 5.97 Å². The van der Waals surface area contributed by atoms with E-state index in [1.807, 2.05) is 0 Å². The molecule has 1 fully saturated rings. The summed E-state index contributed by atoms with van der Waals surface area (Å²) in [6.45, 7) is -0.187. The smallest absolute Gasteiger partial charge is 0.328 e. The second-order valence-corrected chi connectivity index (χ2v) is 4.80. The lowest BCUT2D eigenvalue weighted by molar-refractivity contribution is -0.384. The molecule has 0 bridgehead atoms. The van der Waals surface area contributed by atoms with Crippen LogP contribution in [0.25, 0.3) is 0 Å². The minimum atomic E-state index is -1.23. The average molecular weight is 297 g/mol. The van der Waals surface area contributed by atoms with Crippen LogP contribution in [-0.2, 0) is 9.53 Å². The summed E-state index contributed by atoms with van der Waals surface area (Å²) in [5.74, 6) is -1.90. The predicted molar refractivity (Wildman–Crippen MR) is 70.1 cm³/mol. The summed E-state index contributed by atoms with van der Waals surface area (Å²) in [5.41, 5.74) is -0.0998. The normalized spacial score (nSPS) is 15.5. The van der Waals surface area contributed by atoms with E-state index in [4.69, 9.17) is 9.84 Å². The fourth-order valence-corrected chi connectivity index (χ4v) is 1.97. The van der Waals surface area contributed by atoms with Crippen molar-refractivity contribution in [3.05, 3.63) is 28.1 Å². The Hall–Kier alpha value is -2.42. The second-order valence-electron chi connectivity index (χ2n) is 4.80. The largest absolute Gasteiger partial charge is 0.480 e. The van der Waals surface area contributed by atoms with Crippen molar-refractivity contribution in [2.24, 2.45) is 0 Å². The number of ether oxygens (including phenoxy) is 1. The molecule has 0 aromatic carbocycles. The van der Waals surface area contributed by atoms with Gasteiger partial charge in [-0.2, -0.15) is 0 Å². The number of rotatable bonds is 7. The molecule has 1 aromatic rings. The number of hydrogen-bond acceptors (Lipinski definition) is 5. The fourth-order valence-electron chi connectivity index (χ4n) is 1.97. The quantitative estimate of drug-likeness (QED) is 0.560. The number of amides is 1. The summed E-state index contributed by atoms with van der Waals surface area (Å²) in [5, 5.41) is 22.1. The topological polar surface area (TPSA) is 124 Å². The van der Waals surface area contributed by atoms with Gasteiger partial charge in [-0.05, 0) is 12.8 Å². The third-order valence-corrected chi connectivity index (χ3v) is 3.15. The van der Waals surface area contributed by atoms with Gasteiger partial charge in [0, 0.05) is 19.2 Å². The number of methoxy groups -OCH3 is 1. The molecular weight excluding hydrogens is 282 g/mol. The van der Waals surface area contributed by atoms with Crippen molar-refractivity contribution >= 4 is 17.6 Å². The Labute approximate surface area is 119 Å². The Morgan fingerprint density at radius 1 is 1.62 bits per heavy atom. The molecule has 1 unspecified atom stereocenters. The molecule has 1 aliphatic rings. The van der Waals surface area contributed by atoms with Gasteiger partial charge in [0.15, 0.2) is 6.04 Å². The molecule has 9 nitrogen and oxygen atoms in total. The molecule has 0 radical (unpaired) electrons. The van der Waals surface area contributed by atoms with Gasteiger partial charge in [-0.1, -0.05) is 0 Å². The highest BCUT2D eigenvalue weighted by Gasteiger charge is 2.31. The van der Waals surface area contributed by atoms with Crippen molar-refractivity contribution in [2.75, 3.05) is 13.7 Å². The molecule has 2 rings (SSSR count). The third kappa shape index (κ3) is 3.37. The van der Waals surface area contributed by atoms with E-state index in [1.165, 1.54) is 17.9 Å². The summed E-state index contributed by atoms with van der Waals surface area (Å²) in [7, 11) is 1.32. The van der Waals surface area contributed by atoms with Crippen LogP contribution in [0.2, 0.25) is 0 Å². The van der Waals surface area contributed by atoms with Crippen molar-refractivity contribution < 1.29 is 24.4 Å². The summed E-state index contributed by atoms with van der Waals surface area (Å²) in [4.78, 5) is 33.4. The van der Waals surface area contributed by atoms with Gasteiger partial charge in [0.25, 0.3) is 11.6 Å². The molecule has 114 valence electrons. The molecule has 2 N–H and O–H groups in total. The highest BCUT2D eigenvalue weighted by molar-refractivity contribution is 5.96. The van der Waals surface area contributed by atoms with Gasteiger partial charge in [-0.3, -0.25) is 14.9 Å². The maximum atomic E-state index is 12.1. The van der Waals surface area contributed by atoms with Crippen LogP contribution in [0.3, 0.4) is 0 Å². The van der Waals surface area contributed by atoms with E-state index in [-0.39, 0.29) is 24.0 Å². The van der Waals surface area contributed by atoms with Gasteiger partial charge in [0.1, 0.15) is 5.69 Å².